The highest BCUT2D eigenvalue weighted by molar-refractivity contribution is 5.81. The van der Waals surface area contributed by atoms with Crippen molar-refractivity contribution in [2.45, 2.75) is 57.8 Å². The number of hydrogen-bond donors (Lipinski definition) is 0. The van der Waals surface area contributed by atoms with Gasteiger partial charge in [-0.15, -0.1) is 6.58 Å². The molecule has 1 aliphatic carbocycles. The fourth-order valence-electron chi connectivity index (χ4n) is 2.22. The molecule has 0 atom stereocenters. The monoisotopic (exact) mass is 194 g/mol. The molecular formula is C13H22O. The van der Waals surface area contributed by atoms with Crippen molar-refractivity contribution < 1.29 is 4.79 Å². The molecule has 0 radical (unpaired) electrons. The van der Waals surface area contributed by atoms with Crippen molar-refractivity contribution in [2.24, 2.45) is 5.92 Å². The summed E-state index contributed by atoms with van der Waals surface area (Å²) in [4.78, 5) is 11.7. The van der Waals surface area contributed by atoms with E-state index in [0.717, 1.165) is 32.1 Å². The molecule has 1 saturated carbocycles. The van der Waals surface area contributed by atoms with E-state index in [4.69, 9.17) is 0 Å². The Labute approximate surface area is 87.6 Å². The van der Waals surface area contributed by atoms with Gasteiger partial charge in [0.1, 0.15) is 5.78 Å². The normalized spacial score (nSPS) is 17.1. The molecule has 1 heteroatoms. The largest absolute Gasteiger partial charge is 0.299 e. The first kappa shape index (κ1) is 11.5. The zero-order chi connectivity index (χ0) is 10.2. The fourth-order valence-corrected chi connectivity index (χ4v) is 2.22. The zero-order valence-electron chi connectivity index (χ0n) is 9.13. The summed E-state index contributed by atoms with van der Waals surface area (Å²) in [5, 5.41) is 0. The van der Waals surface area contributed by atoms with Crippen LogP contribution in [0, 0.1) is 5.92 Å². The lowest BCUT2D eigenvalue weighted by Crippen LogP contribution is -2.09. The fraction of sp³-hybridized carbons (Fsp3) is 0.769. The molecule has 0 aromatic carbocycles. The van der Waals surface area contributed by atoms with Crippen LogP contribution in [0.25, 0.3) is 0 Å². The van der Waals surface area contributed by atoms with Crippen molar-refractivity contribution in [3.8, 4) is 0 Å². The Morgan fingerprint density at radius 2 is 1.93 bits per heavy atom. The SMILES string of the molecule is C=CCCCCCC(=O)C1CCCC1. The summed E-state index contributed by atoms with van der Waals surface area (Å²) in [6, 6.07) is 0. The summed E-state index contributed by atoms with van der Waals surface area (Å²) in [5.74, 6) is 0.954. The summed E-state index contributed by atoms with van der Waals surface area (Å²) in [6.45, 7) is 3.69. The quantitative estimate of drug-likeness (QED) is 0.444. The van der Waals surface area contributed by atoms with E-state index in [1.807, 2.05) is 6.08 Å². The van der Waals surface area contributed by atoms with E-state index in [1.54, 1.807) is 0 Å². The van der Waals surface area contributed by atoms with Crippen LogP contribution in [-0.2, 0) is 4.79 Å². The number of unbranched alkanes of at least 4 members (excludes halogenated alkanes) is 3. The van der Waals surface area contributed by atoms with Crippen LogP contribution < -0.4 is 0 Å². The predicted molar refractivity (Wildman–Crippen MR) is 60.2 cm³/mol. The topological polar surface area (TPSA) is 17.1 Å². The smallest absolute Gasteiger partial charge is 0.135 e. The van der Waals surface area contributed by atoms with Gasteiger partial charge in [-0.05, 0) is 32.1 Å². The molecule has 1 rings (SSSR count). The molecule has 0 saturated heterocycles. The standard InChI is InChI=1S/C13H22O/c1-2-3-4-5-6-11-13(14)12-9-7-8-10-12/h2,12H,1,3-11H2. The molecule has 1 fully saturated rings. The third-order valence-corrected chi connectivity index (χ3v) is 3.14. The minimum atomic E-state index is 0.425. The van der Waals surface area contributed by atoms with E-state index in [-0.39, 0.29) is 0 Å². The molecule has 0 aliphatic heterocycles. The maximum atomic E-state index is 11.7. The van der Waals surface area contributed by atoms with Crippen LogP contribution in [0.4, 0.5) is 0 Å². The van der Waals surface area contributed by atoms with Crippen molar-refractivity contribution in [3.63, 3.8) is 0 Å². The molecule has 1 aliphatic rings. The first-order valence-electron chi connectivity index (χ1n) is 5.98. The van der Waals surface area contributed by atoms with Crippen molar-refractivity contribution in [1.29, 1.82) is 0 Å². The van der Waals surface area contributed by atoms with Gasteiger partial charge in [-0.1, -0.05) is 25.3 Å². The summed E-state index contributed by atoms with van der Waals surface area (Å²) >= 11 is 0. The number of carbonyl (C=O) groups is 1. The third kappa shape index (κ3) is 4.08. The molecule has 0 bridgehead atoms. The molecule has 0 aromatic heterocycles. The van der Waals surface area contributed by atoms with E-state index < -0.39 is 0 Å². The highest BCUT2D eigenvalue weighted by Crippen LogP contribution is 2.26. The predicted octanol–water partition coefficient (Wildman–Crippen LogP) is 3.88. The Morgan fingerprint density at radius 3 is 2.57 bits per heavy atom. The van der Waals surface area contributed by atoms with Crippen molar-refractivity contribution in [3.05, 3.63) is 12.7 Å². The molecule has 0 spiro atoms. The van der Waals surface area contributed by atoms with Crippen LogP contribution in [0.2, 0.25) is 0 Å². The van der Waals surface area contributed by atoms with E-state index >= 15 is 0 Å². The number of carbonyl (C=O) groups excluding carboxylic acids is 1. The molecule has 0 unspecified atom stereocenters. The van der Waals surface area contributed by atoms with Gasteiger partial charge in [0.15, 0.2) is 0 Å². The van der Waals surface area contributed by atoms with Gasteiger partial charge in [-0.3, -0.25) is 4.79 Å². The van der Waals surface area contributed by atoms with Crippen molar-refractivity contribution in [1.82, 2.24) is 0 Å². The zero-order valence-corrected chi connectivity index (χ0v) is 9.13. The average molecular weight is 194 g/mol. The van der Waals surface area contributed by atoms with E-state index in [0.29, 0.717) is 11.7 Å². The number of hydrogen-bond acceptors (Lipinski definition) is 1. The van der Waals surface area contributed by atoms with Crippen LogP contribution in [0.1, 0.15) is 57.8 Å². The van der Waals surface area contributed by atoms with Gasteiger partial charge in [0.25, 0.3) is 0 Å². The van der Waals surface area contributed by atoms with Crippen molar-refractivity contribution in [2.75, 3.05) is 0 Å². The van der Waals surface area contributed by atoms with Gasteiger partial charge in [-0.25, -0.2) is 0 Å². The van der Waals surface area contributed by atoms with E-state index in [1.165, 1.54) is 25.7 Å². The van der Waals surface area contributed by atoms with Gasteiger partial charge in [0, 0.05) is 12.3 Å². The minimum Gasteiger partial charge on any atom is -0.299 e. The maximum Gasteiger partial charge on any atom is 0.135 e. The minimum absolute atomic E-state index is 0.425. The van der Waals surface area contributed by atoms with Gasteiger partial charge in [0.05, 0.1) is 0 Å². The van der Waals surface area contributed by atoms with Crippen LogP contribution in [0.15, 0.2) is 12.7 Å². The van der Waals surface area contributed by atoms with Crippen LogP contribution in [0.5, 0.6) is 0 Å². The Balaban J connectivity index is 2.00. The number of rotatable bonds is 7. The van der Waals surface area contributed by atoms with E-state index in [2.05, 4.69) is 6.58 Å². The Kier molecular flexibility index (Phi) is 5.58. The van der Waals surface area contributed by atoms with Crippen LogP contribution >= 0.6 is 0 Å². The number of Topliss-reactive ketones (excluding diaryl/α,β-unsaturated/α-hetero) is 1. The lowest BCUT2D eigenvalue weighted by molar-refractivity contribution is -0.122. The Bertz CT molecular complexity index is 178. The molecule has 0 aromatic rings. The maximum absolute atomic E-state index is 11.7. The lowest BCUT2D eigenvalue weighted by Gasteiger charge is -2.06. The van der Waals surface area contributed by atoms with Crippen molar-refractivity contribution >= 4 is 5.78 Å². The Morgan fingerprint density at radius 1 is 1.21 bits per heavy atom. The molecule has 14 heavy (non-hydrogen) atoms. The van der Waals surface area contributed by atoms with Gasteiger partial charge < -0.3 is 0 Å². The summed E-state index contributed by atoms with van der Waals surface area (Å²) in [7, 11) is 0. The van der Waals surface area contributed by atoms with Gasteiger partial charge in [0.2, 0.25) is 0 Å². The number of ketones is 1. The van der Waals surface area contributed by atoms with Gasteiger partial charge in [-0.2, -0.15) is 0 Å². The lowest BCUT2D eigenvalue weighted by atomic mass is 9.97. The first-order valence-corrected chi connectivity index (χ1v) is 5.98. The molecule has 0 N–H and O–H groups in total. The molecule has 0 heterocycles. The second kappa shape index (κ2) is 6.80. The Hall–Kier alpha value is -0.590. The van der Waals surface area contributed by atoms with Gasteiger partial charge >= 0.3 is 0 Å². The summed E-state index contributed by atoms with van der Waals surface area (Å²) in [5.41, 5.74) is 0. The average Bonchev–Trinajstić information content (AvgIpc) is 2.70. The molecule has 1 nitrogen and oxygen atoms in total. The highest BCUT2D eigenvalue weighted by atomic mass is 16.1. The molecule has 80 valence electrons. The highest BCUT2D eigenvalue weighted by Gasteiger charge is 2.21. The summed E-state index contributed by atoms with van der Waals surface area (Å²) < 4.78 is 0. The van der Waals surface area contributed by atoms with E-state index in [9.17, 15) is 4.79 Å². The second-order valence-electron chi connectivity index (χ2n) is 4.34. The number of allylic oxidation sites excluding steroid dienone is 1. The second-order valence-corrected chi connectivity index (χ2v) is 4.34. The first-order chi connectivity index (χ1) is 6.84. The van der Waals surface area contributed by atoms with Crippen LogP contribution in [-0.4, -0.2) is 5.78 Å². The molecular weight excluding hydrogens is 172 g/mol. The summed E-state index contributed by atoms with van der Waals surface area (Å²) in [6.07, 6.45) is 12.2. The third-order valence-electron chi connectivity index (χ3n) is 3.14. The van der Waals surface area contributed by atoms with Crippen LogP contribution in [0.3, 0.4) is 0 Å². The molecule has 0 amide bonds.